The van der Waals surface area contributed by atoms with Crippen molar-refractivity contribution in [3.63, 3.8) is 0 Å². The third-order valence-electron chi connectivity index (χ3n) is 4.80. The van der Waals surface area contributed by atoms with Gasteiger partial charge in [-0.15, -0.1) is 0 Å². The van der Waals surface area contributed by atoms with Gasteiger partial charge in [-0.3, -0.25) is 4.40 Å². The number of fused-ring (bicyclic) bond motifs is 3. The van der Waals surface area contributed by atoms with Crippen LogP contribution >= 0.6 is 11.6 Å². The summed E-state index contributed by atoms with van der Waals surface area (Å²) in [4.78, 5) is 20.9. The molecule has 0 aliphatic rings. The summed E-state index contributed by atoms with van der Waals surface area (Å²) in [5.74, 6) is -0.492. The number of rotatable bonds is 4. The fourth-order valence-electron chi connectivity index (χ4n) is 3.38. The lowest BCUT2D eigenvalue weighted by Gasteiger charge is -2.10. The number of imidazole rings is 1. The molecule has 0 spiro atoms. The molecule has 146 valence electrons. The number of hydrogen-bond donors (Lipinski definition) is 2. The first-order valence-corrected chi connectivity index (χ1v) is 9.60. The molecular formula is C23H15ClN4O2. The van der Waals surface area contributed by atoms with Crippen molar-refractivity contribution in [2.75, 3.05) is 5.32 Å². The Hall–Kier alpha value is -3.90. The van der Waals surface area contributed by atoms with Crippen LogP contribution in [-0.2, 0) is 0 Å². The van der Waals surface area contributed by atoms with Crippen molar-refractivity contribution < 1.29 is 9.90 Å². The maximum Gasteiger partial charge on any atom is 0.335 e. The number of carbonyl (C=O) groups is 1. The lowest BCUT2D eigenvalue weighted by atomic mass is 10.1. The minimum Gasteiger partial charge on any atom is -0.478 e. The van der Waals surface area contributed by atoms with Crippen LogP contribution in [0.2, 0.25) is 5.02 Å². The zero-order valence-corrected chi connectivity index (χ0v) is 16.3. The second-order valence-corrected chi connectivity index (χ2v) is 7.23. The Bertz CT molecular complexity index is 1410. The number of anilines is 2. The van der Waals surface area contributed by atoms with E-state index in [2.05, 4.69) is 10.3 Å². The summed E-state index contributed by atoms with van der Waals surface area (Å²) in [5.41, 5.74) is 3.92. The normalized spacial score (nSPS) is 11.1. The topological polar surface area (TPSA) is 79.5 Å². The number of halogens is 1. The van der Waals surface area contributed by atoms with Gasteiger partial charge >= 0.3 is 5.97 Å². The average molecular weight is 415 g/mol. The highest BCUT2D eigenvalue weighted by atomic mass is 35.5. The van der Waals surface area contributed by atoms with Crippen LogP contribution in [0.1, 0.15) is 10.4 Å². The summed E-state index contributed by atoms with van der Waals surface area (Å²) in [7, 11) is 0. The molecule has 6 nitrogen and oxygen atoms in total. The SMILES string of the molecule is O=C(O)c1ccc2c(c1)nc(Nc1cccc(Cl)c1)n1cc(-c3ccccc3)nc21. The number of benzene rings is 3. The van der Waals surface area contributed by atoms with Gasteiger partial charge in [0, 0.05) is 27.9 Å². The van der Waals surface area contributed by atoms with Crippen molar-refractivity contribution >= 4 is 45.8 Å². The molecule has 0 aliphatic carbocycles. The molecule has 5 rings (SSSR count). The van der Waals surface area contributed by atoms with E-state index in [1.165, 1.54) is 0 Å². The second kappa shape index (κ2) is 7.17. The highest BCUT2D eigenvalue weighted by Crippen LogP contribution is 2.28. The molecule has 7 heteroatoms. The van der Waals surface area contributed by atoms with Crippen LogP contribution in [0.3, 0.4) is 0 Å². The Morgan fingerprint density at radius 3 is 2.57 bits per heavy atom. The molecule has 0 fully saturated rings. The summed E-state index contributed by atoms with van der Waals surface area (Å²) in [6, 6.07) is 22.0. The first-order chi connectivity index (χ1) is 14.6. The second-order valence-electron chi connectivity index (χ2n) is 6.79. The molecule has 2 N–H and O–H groups in total. The van der Waals surface area contributed by atoms with E-state index in [9.17, 15) is 9.90 Å². The molecule has 30 heavy (non-hydrogen) atoms. The minimum absolute atomic E-state index is 0.169. The van der Waals surface area contributed by atoms with Crippen LogP contribution in [0.25, 0.3) is 27.8 Å². The third kappa shape index (κ3) is 3.23. The number of nitrogens with zero attached hydrogens (tertiary/aromatic N) is 3. The van der Waals surface area contributed by atoms with Crippen molar-refractivity contribution in [1.82, 2.24) is 14.4 Å². The van der Waals surface area contributed by atoms with Gasteiger partial charge in [-0.05, 0) is 36.4 Å². The molecule has 2 heterocycles. The van der Waals surface area contributed by atoms with Crippen molar-refractivity contribution in [3.05, 3.63) is 89.6 Å². The van der Waals surface area contributed by atoms with Crippen LogP contribution < -0.4 is 5.32 Å². The van der Waals surface area contributed by atoms with Gasteiger partial charge in [-0.1, -0.05) is 48.0 Å². The van der Waals surface area contributed by atoms with E-state index in [4.69, 9.17) is 16.6 Å². The molecule has 0 atom stereocenters. The van der Waals surface area contributed by atoms with E-state index in [0.717, 1.165) is 22.3 Å². The van der Waals surface area contributed by atoms with Crippen LogP contribution in [-0.4, -0.2) is 25.4 Å². The number of aromatic carboxylic acids is 1. The number of nitrogens with one attached hydrogen (secondary N) is 1. The fourth-order valence-corrected chi connectivity index (χ4v) is 3.57. The zero-order chi connectivity index (χ0) is 20.7. The standard InChI is InChI=1S/C23H15ClN4O2/c24-16-7-4-8-17(12-16)25-23-27-19-11-15(22(29)30)9-10-18(19)21-26-20(13-28(21)23)14-5-2-1-3-6-14/h1-13H,(H,25,27)(H,29,30). The Morgan fingerprint density at radius 1 is 0.967 bits per heavy atom. The molecular weight excluding hydrogens is 400 g/mol. The van der Waals surface area contributed by atoms with E-state index in [1.54, 1.807) is 30.3 Å². The largest absolute Gasteiger partial charge is 0.478 e. The lowest BCUT2D eigenvalue weighted by Crippen LogP contribution is -2.03. The van der Waals surface area contributed by atoms with Crippen LogP contribution in [0.15, 0.2) is 79.0 Å². The number of aromatic nitrogens is 3. The number of hydrogen-bond acceptors (Lipinski definition) is 4. The molecule has 5 aromatic rings. The van der Waals surface area contributed by atoms with Crippen molar-refractivity contribution in [1.29, 1.82) is 0 Å². The molecule has 0 saturated heterocycles. The first-order valence-electron chi connectivity index (χ1n) is 9.23. The van der Waals surface area contributed by atoms with Gasteiger partial charge < -0.3 is 10.4 Å². The first kappa shape index (κ1) is 18.1. The predicted molar refractivity (Wildman–Crippen MR) is 118 cm³/mol. The smallest absolute Gasteiger partial charge is 0.335 e. The molecule has 0 bridgehead atoms. The van der Waals surface area contributed by atoms with Crippen molar-refractivity contribution in [2.45, 2.75) is 0 Å². The summed E-state index contributed by atoms with van der Waals surface area (Å²) < 4.78 is 1.87. The molecule has 2 aromatic heterocycles. The summed E-state index contributed by atoms with van der Waals surface area (Å²) in [5, 5.41) is 14.0. The highest BCUT2D eigenvalue weighted by molar-refractivity contribution is 6.30. The van der Waals surface area contributed by atoms with Gasteiger partial charge in [0.15, 0.2) is 0 Å². The number of carboxylic acids is 1. The van der Waals surface area contributed by atoms with Crippen molar-refractivity contribution in [3.8, 4) is 11.3 Å². The van der Waals surface area contributed by atoms with Crippen LogP contribution in [0.5, 0.6) is 0 Å². The monoisotopic (exact) mass is 414 g/mol. The average Bonchev–Trinajstić information content (AvgIpc) is 3.20. The number of carboxylic acid groups (broad SMARTS) is 1. The van der Waals surface area contributed by atoms with E-state index in [1.807, 2.05) is 53.1 Å². The lowest BCUT2D eigenvalue weighted by molar-refractivity contribution is 0.0697. The third-order valence-corrected chi connectivity index (χ3v) is 5.03. The van der Waals surface area contributed by atoms with Gasteiger partial charge in [0.2, 0.25) is 5.95 Å². The van der Waals surface area contributed by atoms with E-state index < -0.39 is 5.97 Å². The van der Waals surface area contributed by atoms with Crippen molar-refractivity contribution in [2.24, 2.45) is 0 Å². The zero-order valence-electron chi connectivity index (χ0n) is 15.6. The molecule has 0 unspecified atom stereocenters. The predicted octanol–water partition coefficient (Wildman–Crippen LogP) is 5.64. The molecule has 3 aromatic carbocycles. The quantitative estimate of drug-likeness (QED) is 0.397. The van der Waals surface area contributed by atoms with Gasteiger partial charge in [-0.25, -0.2) is 14.8 Å². The van der Waals surface area contributed by atoms with E-state index >= 15 is 0 Å². The Balaban J connectivity index is 1.76. The Labute approximate surface area is 176 Å². The van der Waals surface area contributed by atoms with Crippen LogP contribution in [0.4, 0.5) is 11.6 Å². The fraction of sp³-hybridized carbons (Fsp3) is 0. The maximum atomic E-state index is 11.4. The summed E-state index contributed by atoms with van der Waals surface area (Å²) >= 11 is 6.12. The van der Waals surface area contributed by atoms with E-state index in [0.29, 0.717) is 22.1 Å². The molecule has 0 amide bonds. The van der Waals surface area contributed by atoms with Gasteiger partial charge in [0.25, 0.3) is 0 Å². The summed E-state index contributed by atoms with van der Waals surface area (Å²) in [6.45, 7) is 0. The summed E-state index contributed by atoms with van der Waals surface area (Å²) in [6.07, 6.45) is 1.91. The highest BCUT2D eigenvalue weighted by Gasteiger charge is 2.15. The Kier molecular flexibility index (Phi) is 4.34. The molecule has 0 saturated carbocycles. The minimum atomic E-state index is -1.00. The van der Waals surface area contributed by atoms with Gasteiger partial charge in [-0.2, -0.15) is 0 Å². The van der Waals surface area contributed by atoms with E-state index in [-0.39, 0.29) is 5.56 Å². The molecule has 0 aliphatic heterocycles. The van der Waals surface area contributed by atoms with Gasteiger partial charge in [0.05, 0.1) is 16.8 Å². The maximum absolute atomic E-state index is 11.4. The Morgan fingerprint density at radius 2 is 1.80 bits per heavy atom. The molecule has 0 radical (unpaired) electrons. The van der Waals surface area contributed by atoms with Gasteiger partial charge in [0.1, 0.15) is 5.65 Å². The van der Waals surface area contributed by atoms with Crippen LogP contribution in [0, 0.1) is 0 Å².